The Hall–Kier alpha value is -2.11. The lowest BCUT2D eigenvalue weighted by Gasteiger charge is -2.08. The van der Waals surface area contributed by atoms with Crippen LogP contribution in [0.3, 0.4) is 0 Å². The van der Waals surface area contributed by atoms with Crippen molar-refractivity contribution in [3.05, 3.63) is 23.3 Å². The Bertz CT molecular complexity index is 405. The van der Waals surface area contributed by atoms with E-state index in [1.807, 2.05) is 0 Å². The average molecular weight is 256 g/mol. The third-order valence-electron chi connectivity index (χ3n) is 2.17. The van der Waals surface area contributed by atoms with Gasteiger partial charge in [-0.05, 0) is 13.3 Å². The fraction of sp³-hybridized carbons (Fsp3) is 0.417. The lowest BCUT2D eigenvalue weighted by molar-refractivity contribution is -0.140. The highest BCUT2D eigenvalue weighted by molar-refractivity contribution is 5.98. The van der Waals surface area contributed by atoms with Crippen LogP contribution in [0.15, 0.2) is 23.3 Å². The molecule has 0 heterocycles. The van der Waals surface area contributed by atoms with E-state index >= 15 is 0 Å². The van der Waals surface area contributed by atoms with Crippen molar-refractivity contribution in [2.24, 2.45) is 0 Å². The zero-order chi connectivity index (χ0) is 14.3. The largest absolute Gasteiger partial charge is 0.478 e. The molecule has 0 aromatic carbocycles. The molecule has 0 aromatic heterocycles. The van der Waals surface area contributed by atoms with Crippen LogP contribution < -0.4 is 0 Å². The SMILES string of the molecule is C=C(C)C(=O)OCC/C(C(=O)O)=C(\CC)C(=O)O. The van der Waals surface area contributed by atoms with Crippen molar-refractivity contribution in [3.63, 3.8) is 0 Å². The van der Waals surface area contributed by atoms with E-state index in [0.717, 1.165) is 0 Å². The summed E-state index contributed by atoms with van der Waals surface area (Å²) in [5.74, 6) is -3.23. The number of rotatable bonds is 7. The molecule has 0 saturated heterocycles. The van der Waals surface area contributed by atoms with E-state index in [0.29, 0.717) is 0 Å². The van der Waals surface area contributed by atoms with Crippen LogP contribution in [0, 0.1) is 0 Å². The summed E-state index contributed by atoms with van der Waals surface area (Å²) in [6.45, 7) is 6.19. The van der Waals surface area contributed by atoms with Gasteiger partial charge in [0.2, 0.25) is 0 Å². The molecule has 0 fully saturated rings. The topological polar surface area (TPSA) is 101 Å². The van der Waals surface area contributed by atoms with Gasteiger partial charge in [0.15, 0.2) is 0 Å². The molecular weight excluding hydrogens is 240 g/mol. The van der Waals surface area contributed by atoms with Crippen LogP contribution in [0.2, 0.25) is 0 Å². The van der Waals surface area contributed by atoms with Crippen LogP contribution in [0.1, 0.15) is 26.7 Å². The Kier molecular flexibility index (Phi) is 6.41. The lowest BCUT2D eigenvalue weighted by atomic mass is 10.0. The smallest absolute Gasteiger partial charge is 0.333 e. The van der Waals surface area contributed by atoms with Gasteiger partial charge in [-0.15, -0.1) is 0 Å². The second-order valence-electron chi connectivity index (χ2n) is 3.59. The number of carbonyl (C=O) groups is 3. The molecule has 0 unspecified atom stereocenters. The van der Waals surface area contributed by atoms with Gasteiger partial charge in [-0.2, -0.15) is 0 Å². The van der Waals surface area contributed by atoms with Crippen molar-refractivity contribution < 1.29 is 29.3 Å². The van der Waals surface area contributed by atoms with Crippen LogP contribution in [0.4, 0.5) is 0 Å². The Morgan fingerprint density at radius 3 is 1.94 bits per heavy atom. The first-order valence-corrected chi connectivity index (χ1v) is 5.32. The summed E-state index contributed by atoms with van der Waals surface area (Å²) in [5.41, 5.74) is -0.238. The van der Waals surface area contributed by atoms with Crippen LogP contribution in [0.5, 0.6) is 0 Å². The van der Waals surface area contributed by atoms with Crippen LogP contribution in [-0.4, -0.2) is 34.7 Å². The Morgan fingerprint density at radius 1 is 1.11 bits per heavy atom. The maximum Gasteiger partial charge on any atom is 0.333 e. The van der Waals surface area contributed by atoms with Crippen molar-refractivity contribution in [1.29, 1.82) is 0 Å². The van der Waals surface area contributed by atoms with Gasteiger partial charge in [0, 0.05) is 17.6 Å². The number of hydrogen-bond acceptors (Lipinski definition) is 4. The zero-order valence-electron chi connectivity index (χ0n) is 10.4. The standard InChI is InChI=1S/C12H16O6/c1-4-8(10(13)14)9(11(15)16)5-6-18-12(17)7(2)3/h2,4-6H2,1,3H3,(H,13,14)(H,15,16)/b9-8-. The average Bonchev–Trinajstić information content (AvgIpc) is 2.26. The van der Waals surface area contributed by atoms with E-state index < -0.39 is 17.9 Å². The predicted octanol–water partition coefficient (Wildman–Crippen LogP) is 1.37. The molecule has 2 N–H and O–H groups in total. The highest BCUT2D eigenvalue weighted by atomic mass is 16.5. The molecular formula is C12H16O6. The summed E-state index contributed by atoms with van der Waals surface area (Å²) in [7, 11) is 0. The summed E-state index contributed by atoms with van der Waals surface area (Å²) >= 11 is 0. The summed E-state index contributed by atoms with van der Waals surface area (Å²) in [4.78, 5) is 32.8. The lowest BCUT2D eigenvalue weighted by Crippen LogP contribution is -2.14. The number of carbonyl (C=O) groups excluding carboxylic acids is 1. The van der Waals surface area contributed by atoms with Gasteiger partial charge in [-0.1, -0.05) is 13.5 Å². The molecule has 0 atom stereocenters. The Morgan fingerprint density at radius 2 is 1.61 bits per heavy atom. The molecule has 0 saturated carbocycles. The van der Waals surface area contributed by atoms with E-state index in [1.54, 1.807) is 6.92 Å². The van der Waals surface area contributed by atoms with Gasteiger partial charge < -0.3 is 14.9 Å². The molecule has 0 aliphatic carbocycles. The van der Waals surface area contributed by atoms with Crippen LogP contribution >= 0.6 is 0 Å². The van der Waals surface area contributed by atoms with Crippen molar-refractivity contribution in [1.82, 2.24) is 0 Å². The number of hydrogen-bond donors (Lipinski definition) is 2. The number of esters is 1. The quantitative estimate of drug-likeness (QED) is 0.527. The highest BCUT2D eigenvalue weighted by Gasteiger charge is 2.19. The minimum absolute atomic E-state index is 0.0887. The van der Waals surface area contributed by atoms with Crippen LogP contribution in [0.25, 0.3) is 0 Å². The van der Waals surface area contributed by atoms with Gasteiger partial charge in [0.05, 0.1) is 12.2 Å². The third kappa shape index (κ3) is 4.82. The Labute approximate surface area is 105 Å². The van der Waals surface area contributed by atoms with Gasteiger partial charge in [-0.25, -0.2) is 14.4 Å². The normalized spacial score (nSPS) is 11.4. The predicted molar refractivity (Wildman–Crippen MR) is 63.0 cm³/mol. The summed E-state index contributed by atoms with van der Waals surface area (Å²) in [6.07, 6.45) is -0.0603. The minimum atomic E-state index is -1.32. The minimum Gasteiger partial charge on any atom is -0.478 e. The van der Waals surface area contributed by atoms with E-state index in [4.69, 9.17) is 14.9 Å². The monoisotopic (exact) mass is 256 g/mol. The first kappa shape index (κ1) is 15.9. The molecule has 0 spiro atoms. The molecule has 18 heavy (non-hydrogen) atoms. The second kappa shape index (κ2) is 7.26. The van der Waals surface area contributed by atoms with E-state index in [9.17, 15) is 14.4 Å². The molecule has 0 aliphatic heterocycles. The summed E-state index contributed by atoms with van der Waals surface area (Å²) in [6, 6.07) is 0. The van der Waals surface area contributed by atoms with E-state index in [2.05, 4.69) is 6.58 Å². The van der Waals surface area contributed by atoms with Crippen molar-refractivity contribution >= 4 is 17.9 Å². The van der Waals surface area contributed by atoms with Gasteiger partial charge in [-0.3, -0.25) is 0 Å². The molecule has 0 aromatic rings. The van der Waals surface area contributed by atoms with E-state index in [-0.39, 0.29) is 36.2 Å². The fourth-order valence-corrected chi connectivity index (χ4v) is 1.25. The molecule has 0 bridgehead atoms. The maximum atomic E-state index is 11.1. The molecule has 100 valence electrons. The molecule has 0 radical (unpaired) electrons. The number of carboxylic acid groups (broad SMARTS) is 2. The highest BCUT2D eigenvalue weighted by Crippen LogP contribution is 2.14. The molecule has 0 aliphatic rings. The van der Waals surface area contributed by atoms with Crippen molar-refractivity contribution in [2.75, 3.05) is 6.61 Å². The third-order valence-corrected chi connectivity index (χ3v) is 2.17. The molecule has 6 nitrogen and oxygen atoms in total. The molecule has 0 rings (SSSR count). The van der Waals surface area contributed by atoms with Gasteiger partial charge >= 0.3 is 17.9 Å². The first-order valence-electron chi connectivity index (χ1n) is 5.32. The van der Waals surface area contributed by atoms with Gasteiger partial charge in [0.1, 0.15) is 0 Å². The number of ether oxygens (including phenoxy) is 1. The molecule has 6 heteroatoms. The van der Waals surface area contributed by atoms with Crippen molar-refractivity contribution in [3.8, 4) is 0 Å². The summed E-state index contributed by atoms with van der Waals surface area (Å²) in [5, 5.41) is 17.8. The zero-order valence-corrected chi connectivity index (χ0v) is 10.4. The summed E-state index contributed by atoms with van der Waals surface area (Å²) < 4.78 is 4.73. The van der Waals surface area contributed by atoms with E-state index in [1.165, 1.54) is 6.92 Å². The fourth-order valence-electron chi connectivity index (χ4n) is 1.25. The maximum absolute atomic E-state index is 11.1. The van der Waals surface area contributed by atoms with Gasteiger partial charge in [0.25, 0.3) is 0 Å². The molecule has 0 amide bonds. The van der Waals surface area contributed by atoms with Crippen molar-refractivity contribution in [2.45, 2.75) is 26.7 Å². The number of carboxylic acids is 2. The number of aliphatic carboxylic acids is 2. The Balaban J connectivity index is 4.76. The second-order valence-corrected chi connectivity index (χ2v) is 3.59. The first-order chi connectivity index (χ1) is 8.31. The van der Waals surface area contributed by atoms with Crippen LogP contribution in [-0.2, 0) is 19.1 Å².